The fraction of sp³-hybridized carbons (Fsp3) is 0.667. The summed E-state index contributed by atoms with van der Waals surface area (Å²) in [7, 11) is 0. The largest absolute Gasteiger partial charge is 0.485 e. The van der Waals surface area contributed by atoms with E-state index >= 15 is 0 Å². The van der Waals surface area contributed by atoms with Crippen LogP contribution in [-0.4, -0.2) is 53.3 Å². The van der Waals surface area contributed by atoms with Crippen molar-refractivity contribution >= 4 is 11.8 Å². The molecule has 198 valence electrons. The van der Waals surface area contributed by atoms with Crippen molar-refractivity contribution in [3.05, 3.63) is 29.3 Å². The Morgan fingerprint density at radius 1 is 1.11 bits per heavy atom. The van der Waals surface area contributed by atoms with Crippen molar-refractivity contribution in [1.29, 1.82) is 0 Å². The van der Waals surface area contributed by atoms with Gasteiger partial charge in [-0.05, 0) is 40.5 Å². The molecule has 11 heteroatoms. The number of ether oxygens (including phenoxy) is 2. The molecule has 1 aromatic carbocycles. The Morgan fingerprint density at radius 3 is 2.17 bits per heavy atom. The van der Waals surface area contributed by atoms with Crippen molar-refractivity contribution in [2.45, 2.75) is 89.6 Å². The van der Waals surface area contributed by atoms with Crippen molar-refractivity contribution in [2.75, 3.05) is 6.61 Å². The first kappa shape index (κ1) is 29.0. The minimum atomic E-state index is -1.86. The molecule has 1 fully saturated rings. The topological polar surface area (TPSA) is 111 Å². The number of nitrogens with one attached hydrogen (secondary N) is 1. The van der Waals surface area contributed by atoms with E-state index in [-0.39, 0.29) is 12.1 Å². The SMILES string of the molecule is C[C@H](NC1CCCCC1)C(=O)[C@H](C(O)COc1c(F)c(F)cc(F)c1F)C(N)C(=O)OC(C)(C)C. The third-order valence-electron chi connectivity index (χ3n) is 5.80. The van der Waals surface area contributed by atoms with Crippen LogP contribution in [0.4, 0.5) is 17.6 Å². The first-order valence-electron chi connectivity index (χ1n) is 11.6. The molecule has 1 aliphatic rings. The van der Waals surface area contributed by atoms with Gasteiger partial charge in [-0.1, -0.05) is 19.3 Å². The fourth-order valence-corrected chi connectivity index (χ4v) is 4.07. The van der Waals surface area contributed by atoms with Crippen LogP contribution < -0.4 is 15.8 Å². The molecule has 4 N–H and O–H groups in total. The fourth-order valence-electron chi connectivity index (χ4n) is 4.07. The molecule has 7 nitrogen and oxygen atoms in total. The van der Waals surface area contributed by atoms with Gasteiger partial charge in [-0.15, -0.1) is 0 Å². The predicted molar refractivity (Wildman–Crippen MR) is 120 cm³/mol. The van der Waals surface area contributed by atoms with Crippen LogP contribution in [0.15, 0.2) is 6.07 Å². The van der Waals surface area contributed by atoms with Crippen LogP contribution in [0, 0.1) is 29.2 Å². The van der Waals surface area contributed by atoms with Gasteiger partial charge in [0.25, 0.3) is 0 Å². The molecule has 0 heterocycles. The molecule has 0 aromatic heterocycles. The minimum Gasteiger partial charge on any atom is -0.485 e. The van der Waals surface area contributed by atoms with Crippen molar-refractivity contribution in [1.82, 2.24) is 5.32 Å². The third-order valence-corrected chi connectivity index (χ3v) is 5.80. The van der Waals surface area contributed by atoms with E-state index in [1.165, 1.54) is 0 Å². The highest BCUT2D eigenvalue weighted by Gasteiger charge is 2.41. The van der Waals surface area contributed by atoms with Crippen molar-refractivity contribution in [2.24, 2.45) is 11.7 Å². The van der Waals surface area contributed by atoms with Crippen molar-refractivity contribution < 1.29 is 41.7 Å². The number of ketones is 1. The maximum Gasteiger partial charge on any atom is 0.324 e. The molecular formula is C24H34F4N2O5. The van der Waals surface area contributed by atoms with Gasteiger partial charge in [0, 0.05) is 12.1 Å². The first-order valence-corrected chi connectivity index (χ1v) is 11.6. The zero-order valence-corrected chi connectivity index (χ0v) is 20.4. The maximum atomic E-state index is 13.9. The molecule has 0 radical (unpaired) electrons. The van der Waals surface area contributed by atoms with E-state index in [4.69, 9.17) is 15.2 Å². The summed E-state index contributed by atoms with van der Waals surface area (Å²) in [5.41, 5.74) is 5.07. The smallest absolute Gasteiger partial charge is 0.324 e. The molecule has 1 aliphatic carbocycles. The lowest BCUT2D eigenvalue weighted by molar-refractivity contribution is -0.161. The number of carbonyl (C=O) groups excluding carboxylic acids is 2. The van der Waals surface area contributed by atoms with Crippen LogP contribution in [0.25, 0.3) is 0 Å². The highest BCUT2D eigenvalue weighted by Crippen LogP contribution is 2.27. The Bertz CT molecular complexity index is 877. The van der Waals surface area contributed by atoms with E-state index in [0.717, 1.165) is 32.1 Å². The normalized spacial score (nSPS) is 18.5. The summed E-state index contributed by atoms with van der Waals surface area (Å²) in [6.45, 7) is 5.35. The third kappa shape index (κ3) is 7.88. The molecular weight excluding hydrogens is 472 g/mol. The van der Waals surface area contributed by atoms with Crippen LogP contribution in [0.3, 0.4) is 0 Å². The summed E-state index contributed by atoms with van der Waals surface area (Å²) >= 11 is 0. The standard InChI is InChI=1S/C24H34F4N2O5/c1-12(30-13-8-6-5-7-9-13)21(32)17(20(29)23(33)35-24(2,3)4)16(31)11-34-22-18(27)14(25)10-15(26)19(22)28/h10,12-13,16-17,20,30-31H,5-9,11,29H2,1-4H3/t12-,16?,17+,20?/m0/s1. The number of aliphatic hydroxyl groups is 1. The second-order valence-electron chi connectivity index (χ2n) is 9.89. The van der Waals surface area contributed by atoms with Gasteiger partial charge < -0.3 is 25.6 Å². The Hall–Kier alpha value is -2.24. The predicted octanol–water partition coefficient (Wildman–Crippen LogP) is 3.15. The van der Waals surface area contributed by atoms with Crippen molar-refractivity contribution in [3.8, 4) is 5.75 Å². The average molecular weight is 507 g/mol. The summed E-state index contributed by atoms with van der Waals surface area (Å²) in [4.78, 5) is 25.9. The van der Waals surface area contributed by atoms with E-state index in [1.54, 1.807) is 27.7 Å². The number of rotatable bonds is 10. The quantitative estimate of drug-likeness (QED) is 0.254. The average Bonchev–Trinajstić information content (AvgIpc) is 2.77. The lowest BCUT2D eigenvalue weighted by atomic mass is 9.86. The number of benzene rings is 1. The van der Waals surface area contributed by atoms with E-state index in [2.05, 4.69) is 5.32 Å². The number of Topliss-reactive ketones (excluding diaryl/α,β-unsaturated/α-hetero) is 1. The molecule has 2 rings (SSSR count). The van der Waals surface area contributed by atoms with Gasteiger partial charge in [-0.3, -0.25) is 9.59 Å². The Labute approximate surface area is 202 Å². The second kappa shape index (κ2) is 12.1. The Kier molecular flexibility index (Phi) is 10.1. The van der Waals surface area contributed by atoms with E-state index in [1.807, 2.05) is 0 Å². The van der Waals surface area contributed by atoms with Gasteiger partial charge in [0.2, 0.25) is 11.6 Å². The Balaban J connectivity index is 2.25. The molecule has 1 aromatic rings. The molecule has 0 bridgehead atoms. The van der Waals surface area contributed by atoms with Crippen LogP contribution in [-0.2, 0) is 14.3 Å². The van der Waals surface area contributed by atoms with Gasteiger partial charge in [0.1, 0.15) is 18.2 Å². The molecule has 1 saturated carbocycles. The maximum absolute atomic E-state index is 13.9. The van der Waals surface area contributed by atoms with Gasteiger partial charge in [0.15, 0.2) is 23.2 Å². The number of aliphatic hydroxyl groups excluding tert-OH is 1. The highest BCUT2D eigenvalue weighted by molar-refractivity contribution is 5.92. The number of hydrogen-bond acceptors (Lipinski definition) is 7. The molecule has 2 unspecified atom stereocenters. The molecule has 0 amide bonds. The van der Waals surface area contributed by atoms with Gasteiger partial charge in [-0.25, -0.2) is 8.78 Å². The molecule has 35 heavy (non-hydrogen) atoms. The van der Waals surface area contributed by atoms with E-state index in [9.17, 15) is 32.3 Å². The number of nitrogens with two attached hydrogens (primary N) is 1. The molecule has 0 saturated heterocycles. The lowest BCUT2D eigenvalue weighted by Crippen LogP contribution is -2.56. The zero-order chi connectivity index (χ0) is 26.5. The summed E-state index contributed by atoms with van der Waals surface area (Å²) in [6, 6.07) is -2.40. The zero-order valence-electron chi connectivity index (χ0n) is 20.4. The monoisotopic (exact) mass is 506 g/mol. The number of halogens is 4. The molecule has 0 spiro atoms. The Morgan fingerprint density at radius 2 is 1.66 bits per heavy atom. The van der Waals surface area contributed by atoms with Gasteiger partial charge in [-0.2, -0.15) is 8.78 Å². The number of hydrogen-bond donors (Lipinski definition) is 3. The summed E-state index contributed by atoms with van der Waals surface area (Å²) < 4.78 is 64.9. The van der Waals surface area contributed by atoms with Gasteiger partial charge in [0.05, 0.1) is 18.1 Å². The van der Waals surface area contributed by atoms with Crippen LogP contribution in [0.1, 0.15) is 59.8 Å². The highest BCUT2D eigenvalue weighted by atomic mass is 19.2. The molecule has 4 atom stereocenters. The summed E-state index contributed by atoms with van der Waals surface area (Å²) in [5.74, 6) is -11.6. The lowest BCUT2D eigenvalue weighted by Gasteiger charge is -2.32. The van der Waals surface area contributed by atoms with Gasteiger partial charge >= 0.3 is 5.97 Å². The van der Waals surface area contributed by atoms with Crippen LogP contribution in [0.2, 0.25) is 0 Å². The number of esters is 1. The minimum absolute atomic E-state index is 0.0112. The van der Waals surface area contributed by atoms with Crippen LogP contribution in [0.5, 0.6) is 5.75 Å². The molecule has 0 aliphatic heterocycles. The van der Waals surface area contributed by atoms with Crippen LogP contribution >= 0.6 is 0 Å². The first-order chi connectivity index (χ1) is 16.2. The van der Waals surface area contributed by atoms with Crippen molar-refractivity contribution in [3.63, 3.8) is 0 Å². The van der Waals surface area contributed by atoms with E-state index < -0.39 is 77.1 Å². The second-order valence-corrected chi connectivity index (χ2v) is 9.89. The van der Waals surface area contributed by atoms with E-state index in [0.29, 0.717) is 0 Å². The summed E-state index contributed by atoms with van der Waals surface area (Å²) in [5, 5.41) is 13.9. The number of carbonyl (C=O) groups is 2. The summed E-state index contributed by atoms with van der Waals surface area (Å²) in [6.07, 6.45) is 2.95.